The van der Waals surface area contributed by atoms with E-state index in [4.69, 9.17) is 4.74 Å². The molecular weight excluding hydrogens is 340 g/mol. The minimum atomic E-state index is -0.448. The first-order chi connectivity index (χ1) is 13.1. The molecule has 1 aliphatic rings. The van der Waals surface area contributed by atoms with Gasteiger partial charge >= 0.3 is 5.97 Å². The Morgan fingerprint density at radius 2 is 1.89 bits per heavy atom. The summed E-state index contributed by atoms with van der Waals surface area (Å²) in [4.78, 5) is 27.0. The molecule has 0 saturated carbocycles. The molecule has 27 heavy (non-hydrogen) atoms. The van der Waals surface area contributed by atoms with Gasteiger partial charge in [-0.05, 0) is 49.6 Å². The van der Waals surface area contributed by atoms with E-state index >= 15 is 0 Å². The summed E-state index contributed by atoms with van der Waals surface area (Å²) >= 11 is 0. The Labute approximate surface area is 160 Å². The van der Waals surface area contributed by atoms with Gasteiger partial charge in [0.25, 0.3) is 0 Å². The number of ether oxygens (including phenoxy) is 1. The van der Waals surface area contributed by atoms with E-state index in [-0.39, 0.29) is 11.8 Å². The van der Waals surface area contributed by atoms with E-state index in [2.05, 4.69) is 35.3 Å². The number of nitrogens with zero attached hydrogens (tertiary/aromatic N) is 1. The summed E-state index contributed by atoms with van der Waals surface area (Å²) < 4.78 is 4.80. The molecule has 0 spiro atoms. The van der Waals surface area contributed by atoms with Crippen LogP contribution in [0.25, 0.3) is 0 Å². The molecule has 1 amide bonds. The van der Waals surface area contributed by atoms with Crippen molar-refractivity contribution in [3.05, 3.63) is 65.2 Å². The van der Waals surface area contributed by atoms with Gasteiger partial charge in [-0.2, -0.15) is 0 Å². The van der Waals surface area contributed by atoms with Gasteiger partial charge in [-0.25, -0.2) is 4.79 Å². The summed E-state index contributed by atoms with van der Waals surface area (Å²) in [5.41, 5.74) is 3.46. The van der Waals surface area contributed by atoms with E-state index in [0.717, 1.165) is 32.5 Å². The molecule has 5 nitrogen and oxygen atoms in total. The van der Waals surface area contributed by atoms with Gasteiger partial charge < -0.3 is 10.1 Å². The predicted octanol–water partition coefficient (Wildman–Crippen LogP) is 3.63. The summed E-state index contributed by atoms with van der Waals surface area (Å²) in [7, 11) is 1.34. The maximum Gasteiger partial charge on any atom is 0.339 e. The fourth-order valence-corrected chi connectivity index (χ4v) is 3.56. The van der Waals surface area contributed by atoms with Gasteiger partial charge in [0.05, 0.1) is 24.3 Å². The average molecular weight is 366 g/mol. The molecule has 0 radical (unpaired) electrons. The second-order valence-electron chi connectivity index (χ2n) is 7.03. The van der Waals surface area contributed by atoms with E-state index in [1.165, 1.54) is 18.2 Å². The highest BCUT2D eigenvalue weighted by Gasteiger charge is 2.27. The maximum atomic E-state index is 12.8. The summed E-state index contributed by atoms with van der Waals surface area (Å²) in [6.07, 6.45) is 1.85. The SMILES string of the molecule is COC(=O)c1ccccc1NC(=O)C1CCCN(Cc2ccccc2C)C1. The molecule has 1 fully saturated rings. The number of rotatable bonds is 5. The Bertz CT molecular complexity index is 819. The predicted molar refractivity (Wildman–Crippen MR) is 106 cm³/mol. The van der Waals surface area contributed by atoms with Crippen LogP contribution in [0.15, 0.2) is 48.5 Å². The minimum Gasteiger partial charge on any atom is -0.465 e. The van der Waals surface area contributed by atoms with Crippen molar-refractivity contribution < 1.29 is 14.3 Å². The van der Waals surface area contributed by atoms with Crippen LogP contribution in [-0.2, 0) is 16.1 Å². The van der Waals surface area contributed by atoms with Gasteiger partial charge in [0.2, 0.25) is 5.91 Å². The van der Waals surface area contributed by atoms with Crippen LogP contribution in [0.5, 0.6) is 0 Å². The van der Waals surface area contributed by atoms with Crippen LogP contribution in [0.1, 0.15) is 34.3 Å². The third-order valence-electron chi connectivity index (χ3n) is 5.12. The number of methoxy groups -OCH3 is 1. The Hall–Kier alpha value is -2.66. The van der Waals surface area contributed by atoms with E-state index in [9.17, 15) is 9.59 Å². The lowest BCUT2D eigenvalue weighted by atomic mass is 9.96. The Morgan fingerprint density at radius 1 is 1.15 bits per heavy atom. The number of piperidine rings is 1. The molecule has 5 heteroatoms. The van der Waals surface area contributed by atoms with Crippen molar-refractivity contribution in [3.63, 3.8) is 0 Å². The lowest BCUT2D eigenvalue weighted by Crippen LogP contribution is -2.40. The lowest BCUT2D eigenvalue weighted by molar-refractivity contribution is -0.121. The second-order valence-corrected chi connectivity index (χ2v) is 7.03. The molecule has 1 aliphatic heterocycles. The van der Waals surface area contributed by atoms with E-state index < -0.39 is 5.97 Å². The number of para-hydroxylation sites is 1. The first-order valence-electron chi connectivity index (χ1n) is 9.33. The molecule has 1 unspecified atom stereocenters. The van der Waals surface area contributed by atoms with Gasteiger partial charge in [0.15, 0.2) is 0 Å². The number of hydrogen-bond donors (Lipinski definition) is 1. The van der Waals surface area contributed by atoms with Crippen LogP contribution in [0.3, 0.4) is 0 Å². The normalized spacial score (nSPS) is 17.3. The number of nitrogens with one attached hydrogen (secondary N) is 1. The molecule has 2 aromatic rings. The number of esters is 1. The highest BCUT2D eigenvalue weighted by atomic mass is 16.5. The molecule has 1 atom stereocenters. The zero-order valence-corrected chi connectivity index (χ0v) is 15.9. The molecule has 0 bridgehead atoms. The zero-order chi connectivity index (χ0) is 19.2. The Morgan fingerprint density at radius 3 is 2.67 bits per heavy atom. The van der Waals surface area contributed by atoms with Crippen molar-refractivity contribution in [2.75, 3.05) is 25.5 Å². The van der Waals surface area contributed by atoms with Crippen molar-refractivity contribution >= 4 is 17.6 Å². The van der Waals surface area contributed by atoms with Crippen LogP contribution in [0.2, 0.25) is 0 Å². The molecular formula is C22H26N2O3. The molecule has 1 N–H and O–H groups in total. The molecule has 1 saturated heterocycles. The highest BCUT2D eigenvalue weighted by Crippen LogP contribution is 2.23. The lowest BCUT2D eigenvalue weighted by Gasteiger charge is -2.32. The maximum absolute atomic E-state index is 12.8. The first kappa shape index (κ1) is 19.1. The van der Waals surface area contributed by atoms with E-state index in [1.54, 1.807) is 24.3 Å². The summed E-state index contributed by atoms with van der Waals surface area (Å²) in [5, 5.41) is 2.92. The highest BCUT2D eigenvalue weighted by molar-refractivity contribution is 6.01. The van der Waals surface area contributed by atoms with Gasteiger partial charge in [0, 0.05) is 13.1 Å². The van der Waals surface area contributed by atoms with Gasteiger partial charge in [-0.1, -0.05) is 36.4 Å². The number of carbonyl (C=O) groups excluding carboxylic acids is 2. The summed E-state index contributed by atoms with van der Waals surface area (Å²) in [5.74, 6) is -0.579. The number of anilines is 1. The minimum absolute atomic E-state index is 0.0409. The first-order valence-corrected chi connectivity index (χ1v) is 9.33. The van der Waals surface area contributed by atoms with Gasteiger partial charge in [-0.15, -0.1) is 0 Å². The van der Waals surface area contributed by atoms with Gasteiger partial charge in [-0.3, -0.25) is 9.69 Å². The fraction of sp³-hybridized carbons (Fsp3) is 0.364. The topological polar surface area (TPSA) is 58.6 Å². The van der Waals surface area contributed by atoms with Crippen molar-refractivity contribution in [3.8, 4) is 0 Å². The molecule has 0 aliphatic carbocycles. The van der Waals surface area contributed by atoms with Crippen molar-refractivity contribution in [1.29, 1.82) is 0 Å². The number of aryl methyl sites for hydroxylation is 1. The molecule has 3 rings (SSSR count). The molecule has 1 heterocycles. The van der Waals surface area contributed by atoms with Gasteiger partial charge in [0.1, 0.15) is 0 Å². The third-order valence-corrected chi connectivity index (χ3v) is 5.12. The number of likely N-dealkylation sites (tertiary alicyclic amines) is 1. The van der Waals surface area contributed by atoms with Crippen molar-refractivity contribution in [2.24, 2.45) is 5.92 Å². The Kier molecular flexibility index (Phi) is 6.24. The van der Waals surface area contributed by atoms with E-state index in [0.29, 0.717) is 11.3 Å². The standard InChI is InChI=1S/C22H26N2O3/c1-16-8-3-4-9-17(16)14-24-13-7-10-18(15-24)21(25)23-20-12-6-5-11-19(20)22(26)27-2/h3-6,8-9,11-12,18H,7,10,13-15H2,1-2H3,(H,23,25). The zero-order valence-electron chi connectivity index (χ0n) is 15.9. The monoisotopic (exact) mass is 366 g/mol. The molecule has 142 valence electrons. The smallest absolute Gasteiger partial charge is 0.339 e. The van der Waals surface area contributed by atoms with Crippen LogP contribution in [-0.4, -0.2) is 37.0 Å². The van der Waals surface area contributed by atoms with Crippen molar-refractivity contribution in [1.82, 2.24) is 4.90 Å². The summed E-state index contributed by atoms with van der Waals surface area (Å²) in [6.45, 7) is 4.69. The van der Waals surface area contributed by atoms with Crippen molar-refractivity contribution in [2.45, 2.75) is 26.3 Å². The number of carbonyl (C=O) groups is 2. The van der Waals surface area contributed by atoms with Crippen LogP contribution < -0.4 is 5.32 Å². The summed E-state index contributed by atoms with van der Waals surface area (Å²) in [6, 6.07) is 15.3. The number of benzene rings is 2. The average Bonchev–Trinajstić information content (AvgIpc) is 2.70. The van der Waals surface area contributed by atoms with Crippen LogP contribution >= 0.6 is 0 Å². The molecule has 2 aromatic carbocycles. The third kappa shape index (κ3) is 4.74. The van der Waals surface area contributed by atoms with Crippen LogP contribution in [0, 0.1) is 12.8 Å². The molecule has 0 aromatic heterocycles. The quantitative estimate of drug-likeness (QED) is 0.821. The van der Waals surface area contributed by atoms with E-state index in [1.807, 2.05) is 6.07 Å². The van der Waals surface area contributed by atoms with Crippen LogP contribution in [0.4, 0.5) is 5.69 Å². The number of amides is 1. The Balaban J connectivity index is 1.65. The fourth-order valence-electron chi connectivity index (χ4n) is 3.56. The number of hydrogen-bond acceptors (Lipinski definition) is 4. The second kappa shape index (κ2) is 8.82. The largest absolute Gasteiger partial charge is 0.465 e.